The van der Waals surface area contributed by atoms with Gasteiger partial charge in [0.25, 0.3) is 0 Å². The Morgan fingerprint density at radius 2 is 0.950 bits per heavy atom. The maximum Gasteiger partial charge on any atom is 0.306 e. The molecule has 0 aliphatic carbocycles. The molecule has 0 saturated carbocycles. The largest absolute Gasteiger partial charge is 0.460 e. The Bertz CT molecular complexity index is 252. The highest BCUT2D eigenvalue weighted by Crippen LogP contribution is 2.09. The molecule has 20 heavy (non-hydrogen) atoms. The van der Waals surface area contributed by atoms with E-state index in [4.69, 9.17) is 9.47 Å². The number of carbonyl (C=O) groups is 2. The first-order valence-corrected chi connectivity index (χ1v) is 7.35. The molecule has 0 N–H and O–H groups in total. The number of hydrogen-bond donors (Lipinski definition) is 0. The molecule has 120 valence electrons. The molecule has 4 nitrogen and oxygen atoms in total. The minimum absolute atomic E-state index is 0.102. The fraction of sp³-hybridized carbons (Fsp3) is 0.875. The SMILES string of the molecule is CCCC(=O)OC(C)(C)C.CCCC(=O)OC(C)(C)C. The molecule has 0 atom stereocenters. The summed E-state index contributed by atoms with van der Waals surface area (Å²) < 4.78 is 10.1. The molecule has 0 bridgehead atoms. The molecule has 0 aliphatic rings. The third-order valence-corrected chi connectivity index (χ3v) is 1.75. The summed E-state index contributed by atoms with van der Waals surface area (Å²) in [6.45, 7) is 15.2. The zero-order valence-electron chi connectivity index (χ0n) is 14.5. The third kappa shape index (κ3) is 19.3. The van der Waals surface area contributed by atoms with Gasteiger partial charge in [0.05, 0.1) is 0 Å². The van der Waals surface area contributed by atoms with Gasteiger partial charge in [-0.05, 0) is 54.4 Å². The van der Waals surface area contributed by atoms with Crippen LogP contribution in [0, 0.1) is 0 Å². The van der Waals surface area contributed by atoms with Crippen LogP contribution in [0.5, 0.6) is 0 Å². The molecule has 0 fully saturated rings. The highest BCUT2D eigenvalue weighted by Gasteiger charge is 2.15. The molecule has 0 saturated heterocycles. The summed E-state index contributed by atoms with van der Waals surface area (Å²) in [5, 5.41) is 0. The molecule has 0 amide bonds. The lowest BCUT2D eigenvalue weighted by atomic mass is 10.2. The van der Waals surface area contributed by atoms with E-state index in [0.717, 1.165) is 12.8 Å². The average molecular weight is 288 g/mol. The lowest BCUT2D eigenvalue weighted by Crippen LogP contribution is -2.23. The van der Waals surface area contributed by atoms with Gasteiger partial charge in [-0.2, -0.15) is 0 Å². The van der Waals surface area contributed by atoms with Crippen LogP contribution in [0.1, 0.15) is 81.1 Å². The second kappa shape index (κ2) is 9.78. The second-order valence-corrected chi connectivity index (χ2v) is 6.67. The summed E-state index contributed by atoms with van der Waals surface area (Å²) in [6.07, 6.45) is 2.76. The molecular weight excluding hydrogens is 256 g/mol. The van der Waals surface area contributed by atoms with Gasteiger partial charge in [-0.15, -0.1) is 0 Å². The standard InChI is InChI=1S/2C8H16O2/c2*1-5-6-7(9)10-8(2,3)4/h2*5-6H2,1-4H3. The smallest absolute Gasteiger partial charge is 0.306 e. The van der Waals surface area contributed by atoms with Crippen LogP contribution < -0.4 is 0 Å². The maximum absolute atomic E-state index is 10.8. The van der Waals surface area contributed by atoms with Crippen molar-refractivity contribution in [3.63, 3.8) is 0 Å². The Kier molecular flexibility index (Phi) is 10.4. The van der Waals surface area contributed by atoms with Gasteiger partial charge in [0.15, 0.2) is 0 Å². The minimum atomic E-state index is -0.327. The summed E-state index contributed by atoms with van der Waals surface area (Å²) in [4.78, 5) is 21.7. The van der Waals surface area contributed by atoms with Crippen molar-refractivity contribution < 1.29 is 19.1 Å². The van der Waals surface area contributed by atoms with E-state index in [1.165, 1.54) is 0 Å². The summed E-state index contributed by atoms with van der Waals surface area (Å²) in [5.41, 5.74) is -0.654. The molecule has 4 heteroatoms. The number of rotatable bonds is 4. The van der Waals surface area contributed by atoms with Crippen LogP contribution in [-0.4, -0.2) is 23.1 Å². The van der Waals surface area contributed by atoms with Gasteiger partial charge in [0.2, 0.25) is 0 Å². The quantitative estimate of drug-likeness (QED) is 0.725. The van der Waals surface area contributed by atoms with Crippen molar-refractivity contribution in [2.24, 2.45) is 0 Å². The maximum atomic E-state index is 10.8. The van der Waals surface area contributed by atoms with E-state index >= 15 is 0 Å². The highest BCUT2D eigenvalue weighted by atomic mass is 16.6. The predicted octanol–water partition coefficient (Wildman–Crippen LogP) is 4.26. The normalized spacial score (nSPS) is 11.2. The van der Waals surface area contributed by atoms with Gasteiger partial charge in [-0.25, -0.2) is 0 Å². The summed E-state index contributed by atoms with van der Waals surface area (Å²) >= 11 is 0. The molecule has 0 radical (unpaired) electrons. The first-order valence-electron chi connectivity index (χ1n) is 7.35. The van der Waals surface area contributed by atoms with Crippen LogP contribution >= 0.6 is 0 Å². The zero-order chi connectivity index (χ0) is 16.4. The number of carbonyl (C=O) groups excluding carboxylic acids is 2. The Hall–Kier alpha value is -1.06. The number of ether oxygens (including phenoxy) is 2. The monoisotopic (exact) mass is 288 g/mol. The summed E-state index contributed by atoms with van der Waals surface area (Å²) in [6, 6.07) is 0. The lowest BCUT2D eigenvalue weighted by Gasteiger charge is -2.19. The van der Waals surface area contributed by atoms with Crippen molar-refractivity contribution in [2.45, 2.75) is 92.3 Å². The molecule has 0 heterocycles. The first kappa shape index (κ1) is 21.2. The Balaban J connectivity index is 0. The van der Waals surface area contributed by atoms with Gasteiger partial charge < -0.3 is 9.47 Å². The summed E-state index contributed by atoms with van der Waals surface area (Å²) in [5.74, 6) is -0.204. The van der Waals surface area contributed by atoms with Crippen LogP contribution in [0.4, 0.5) is 0 Å². The van der Waals surface area contributed by atoms with Gasteiger partial charge in [0, 0.05) is 12.8 Å². The predicted molar refractivity (Wildman–Crippen MR) is 81.5 cm³/mol. The van der Waals surface area contributed by atoms with E-state index in [-0.39, 0.29) is 23.1 Å². The van der Waals surface area contributed by atoms with Crippen molar-refractivity contribution in [2.75, 3.05) is 0 Å². The molecule has 0 rings (SSSR count). The second-order valence-electron chi connectivity index (χ2n) is 6.67. The Morgan fingerprint density at radius 1 is 0.700 bits per heavy atom. The van der Waals surface area contributed by atoms with Gasteiger partial charge in [-0.3, -0.25) is 9.59 Å². The summed E-state index contributed by atoms with van der Waals surface area (Å²) in [7, 11) is 0. The topological polar surface area (TPSA) is 52.6 Å². The van der Waals surface area contributed by atoms with E-state index < -0.39 is 0 Å². The molecular formula is C16H32O4. The van der Waals surface area contributed by atoms with Crippen LogP contribution in [0.3, 0.4) is 0 Å². The molecule has 0 aromatic heterocycles. The first-order chi connectivity index (χ1) is 8.91. The van der Waals surface area contributed by atoms with Gasteiger partial charge in [0.1, 0.15) is 11.2 Å². The molecule has 0 spiro atoms. The Labute approximate surface area is 124 Å². The zero-order valence-corrected chi connectivity index (χ0v) is 14.5. The number of esters is 2. The van der Waals surface area contributed by atoms with E-state index in [2.05, 4.69) is 0 Å². The van der Waals surface area contributed by atoms with Crippen molar-refractivity contribution in [1.29, 1.82) is 0 Å². The number of hydrogen-bond acceptors (Lipinski definition) is 4. The van der Waals surface area contributed by atoms with E-state index in [1.807, 2.05) is 55.4 Å². The average Bonchev–Trinajstić information content (AvgIpc) is 2.12. The molecule has 0 aliphatic heterocycles. The van der Waals surface area contributed by atoms with E-state index in [0.29, 0.717) is 12.8 Å². The minimum Gasteiger partial charge on any atom is -0.460 e. The fourth-order valence-corrected chi connectivity index (χ4v) is 1.19. The van der Waals surface area contributed by atoms with Crippen molar-refractivity contribution in [3.05, 3.63) is 0 Å². The van der Waals surface area contributed by atoms with E-state index in [9.17, 15) is 9.59 Å². The van der Waals surface area contributed by atoms with Crippen LogP contribution in [0.2, 0.25) is 0 Å². The molecule has 0 aromatic rings. The van der Waals surface area contributed by atoms with Crippen molar-refractivity contribution in [1.82, 2.24) is 0 Å². The van der Waals surface area contributed by atoms with Crippen LogP contribution in [-0.2, 0) is 19.1 Å². The van der Waals surface area contributed by atoms with Crippen LogP contribution in [0.15, 0.2) is 0 Å². The molecule has 0 aromatic carbocycles. The molecule has 0 unspecified atom stereocenters. The van der Waals surface area contributed by atoms with Gasteiger partial charge >= 0.3 is 11.9 Å². The third-order valence-electron chi connectivity index (χ3n) is 1.75. The van der Waals surface area contributed by atoms with Gasteiger partial charge in [-0.1, -0.05) is 13.8 Å². The van der Waals surface area contributed by atoms with Crippen LogP contribution in [0.25, 0.3) is 0 Å². The lowest BCUT2D eigenvalue weighted by molar-refractivity contribution is -0.156. The Morgan fingerprint density at radius 3 is 1.10 bits per heavy atom. The van der Waals surface area contributed by atoms with E-state index in [1.54, 1.807) is 0 Å². The highest BCUT2D eigenvalue weighted by molar-refractivity contribution is 5.70. The van der Waals surface area contributed by atoms with Crippen molar-refractivity contribution >= 4 is 11.9 Å². The van der Waals surface area contributed by atoms with Crippen molar-refractivity contribution in [3.8, 4) is 0 Å². The fourth-order valence-electron chi connectivity index (χ4n) is 1.19.